The molecule has 2 unspecified atom stereocenters. The van der Waals surface area contributed by atoms with Crippen molar-refractivity contribution in [3.8, 4) is 5.75 Å². The Morgan fingerprint density at radius 1 is 1.48 bits per heavy atom. The van der Waals surface area contributed by atoms with Gasteiger partial charge in [0.15, 0.2) is 0 Å². The fourth-order valence-corrected chi connectivity index (χ4v) is 3.31. The molecule has 0 radical (unpaired) electrons. The molecule has 21 heavy (non-hydrogen) atoms. The summed E-state index contributed by atoms with van der Waals surface area (Å²) < 4.78 is 7.68. The number of para-hydroxylation sites is 1. The van der Waals surface area contributed by atoms with Crippen LogP contribution in [0.4, 0.5) is 0 Å². The van der Waals surface area contributed by atoms with E-state index in [9.17, 15) is 0 Å². The van der Waals surface area contributed by atoms with Crippen molar-refractivity contribution >= 4 is 11.6 Å². The second kappa shape index (κ2) is 5.70. The molecule has 2 heterocycles. The largest absolute Gasteiger partial charge is 0.493 e. The number of aryl methyl sites for hydroxylation is 2. The third kappa shape index (κ3) is 2.54. The molecule has 0 bridgehead atoms. The molecule has 3 rings (SSSR count). The molecule has 1 aliphatic heterocycles. The van der Waals surface area contributed by atoms with E-state index in [2.05, 4.69) is 22.5 Å². The average Bonchev–Trinajstić information content (AvgIpc) is 3.00. The SMILES string of the molecule is CNC(Cc1c(Cl)c(C)nn1C)C1COc2ccccc21. The number of rotatable bonds is 4. The van der Waals surface area contributed by atoms with E-state index < -0.39 is 0 Å². The molecule has 2 atom stereocenters. The minimum atomic E-state index is 0.265. The summed E-state index contributed by atoms with van der Waals surface area (Å²) in [6, 6.07) is 8.52. The first-order valence-corrected chi connectivity index (χ1v) is 7.56. The molecule has 1 N–H and O–H groups in total. The fraction of sp³-hybridized carbons (Fsp3) is 0.438. The number of fused-ring (bicyclic) bond motifs is 1. The van der Waals surface area contributed by atoms with Crippen molar-refractivity contribution in [2.24, 2.45) is 7.05 Å². The summed E-state index contributed by atoms with van der Waals surface area (Å²) in [5.41, 5.74) is 3.22. The first kappa shape index (κ1) is 14.4. The van der Waals surface area contributed by atoms with E-state index in [1.807, 2.05) is 37.8 Å². The molecule has 0 fully saturated rings. The van der Waals surface area contributed by atoms with E-state index in [0.717, 1.165) is 28.6 Å². The molecular weight excluding hydrogens is 286 g/mol. The highest BCUT2D eigenvalue weighted by atomic mass is 35.5. The van der Waals surface area contributed by atoms with Crippen molar-refractivity contribution in [3.63, 3.8) is 0 Å². The first-order chi connectivity index (χ1) is 10.1. The van der Waals surface area contributed by atoms with Crippen LogP contribution in [0.1, 0.15) is 22.9 Å². The lowest BCUT2D eigenvalue weighted by atomic mass is 9.90. The molecular formula is C16H20ClN3O. The summed E-state index contributed by atoms with van der Waals surface area (Å²) in [5.74, 6) is 1.33. The number of hydrogen-bond donors (Lipinski definition) is 1. The maximum Gasteiger partial charge on any atom is 0.122 e. The predicted molar refractivity (Wildman–Crippen MR) is 84.2 cm³/mol. The van der Waals surface area contributed by atoms with E-state index in [4.69, 9.17) is 16.3 Å². The van der Waals surface area contributed by atoms with Gasteiger partial charge in [-0.1, -0.05) is 29.8 Å². The molecule has 0 aliphatic carbocycles. The van der Waals surface area contributed by atoms with Crippen molar-refractivity contribution in [2.75, 3.05) is 13.7 Å². The Balaban J connectivity index is 1.87. The van der Waals surface area contributed by atoms with Crippen LogP contribution in [-0.2, 0) is 13.5 Å². The molecule has 1 aromatic carbocycles. The topological polar surface area (TPSA) is 39.1 Å². The lowest BCUT2D eigenvalue weighted by Gasteiger charge is -2.22. The van der Waals surface area contributed by atoms with Gasteiger partial charge in [0.25, 0.3) is 0 Å². The molecule has 0 amide bonds. The number of aromatic nitrogens is 2. The van der Waals surface area contributed by atoms with E-state index >= 15 is 0 Å². The van der Waals surface area contributed by atoms with Crippen molar-refractivity contribution in [3.05, 3.63) is 46.2 Å². The second-order valence-electron chi connectivity index (χ2n) is 5.52. The van der Waals surface area contributed by atoms with E-state index in [1.54, 1.807) is 0 Å². The molecule has 0 saturated carbocycles. The minimum Gasteiger partial charge on any atom is -0.493 e. The zero-order valence-electron chi connectivity index (χ0n) is 12.6. The van der Waals surface area contributed by atoms with Gasteiger partial charge in [-0.05, 0) is 20.0 Å². The van der Waals surface area contributed by atoms with Crippen LogP contribution in [0.3, 0.4) is 0 Å². The standard InChI is InChI=1S/C16H20ClN3O/c1-10-16(17)14(20(3)19-10)8-13(18-2)12-9-21-15-7-5-4-6-11(12)15/h4-7,12-13,18H,8-9H2,1-3H3. The average molecular weight is 306 g/mol. The van der Waals surface area contributed by atoms with Gasteiger partial charge in [-0.15, -0.1) is 0 Å². The van der Waals surface area contributed by atoms with Crippen molar-refractivity contribution in [1.82, 2.24) is 15.1 Å². The van der Waals surface area contributed by atoms with Gasteiger partial charge < -0.3 is 10.1 Å². The fourth-order valence-electron chi connectivity index (χ4n) is 3.08. The summed E-state index contributed by atoms with van der Waals surface area (Å²) in [4.78, 5) is 0. The van der Waals surface area contributed by atoms with Crippen LogP contribution in [0.2, 0.25) is 5.02 Å². The van der Waals surface area contributed by atoms with Crippen LogP contribution >= 0.6 is 11.6 Å². The molecule has 4 nitrogen and oxygen atoms in total. The number of ether oxygens (including phenoxy) is 1. The van der Waals surface area contributed by atoms with Crippen molar-refractivity contribution in [1.29, 1.82) is 0 Å². The van der Waals surface area contributed by atoms with Gasteiger partial charge in [-0.25, -0.2) is 0 Å². The number of nitrogens with zero attached hydrogens (tertiary/aromatic N) is 2. The van der Waals surface area contributed by atoms with E-state index in [1.165, 1.54) is 5.56 Å². The number of benzene rings is 1. The highest BCUT2D eigenvalue weighted by molar-refractivity contribution is 6.31. The number of hydrogen-bond acceptors (Lipinski definition) is 3. The summed E-state index contributed by atoms with van der Waals surface area (Å²) in [7, 11) is 3.93. The molecule has 2 aromatic rings. The van der Waals surface area contributed by atoms with Crippen LogP contribution in [0.25, 0.3) is 0 Å². The molecule has 5 heteroatoms. The molecule has 1 aliphatic rings. The van der Waals surface area contributed by atoms with Crippen LogP contribution in [0, 0.1) is 6.92 Å². The maximum atomic E-state index is 6.38. The highest BCUT2D eigenvalue weighted by Crippen LogP contribution is 2.37. The molecule has 0 saturated heterocycles. The third-order valence-electron chi connectivity index (χ3n) is 4.27. The first-order valence-electron chi connectivity index (χ1n) is 7.18. The number of nitrogens with one attached hydrogen (secondary N) is 1. The van der Waals surface area contributed by atoms with Gasteiger partial charge in [0.05, 0.1) is 23.0 Å². The normalized spacial score (nSPS) is 18.4. The smallest absolute Gasteiger partial charge is 0.122 e. The van der Waals surface area contributed by atoms with Gasteiger partial charge in [0, 0.05) is 31.0 Å². The molecule has 0 spiro atoms. The Morgan fingerprint density at radius 3 is 2.90 bits per heavy atom. The molecule has 112 valence electrons. The van der Waals surface area contributed by atoms with Crippen LogP contribution in [0.5, 0.6) is 5.75 Å². The Kier molecular flexibility index (Phi) is 3.91. The minimum absolute atomic E-state index is 0.265. The van der Waals surface area contributed by atoms with Gasteiger partial charge >= 0.3 is 0 Å². The predicted octanol–water partition coefficient (Wildman–Crippen LogP) is 2.69. The zero-order valence-corrected chi connectivity index (χ0v) is 13.3. The van der Waals surface area contributed by atoms with Crippen LogP contribution < -0.4 is 10.1 Å². The van der Waals surface area contributed by atoms with E-state index in [-0.39, 0.29) is 6.04 Å². The monoisotopic (exact) mass is 305 g/mol. The number of halogens is 1. The summed E-state index contributed by atoms with van der Waals surface area (Å²) in [5, 5.41) is 8.58. The van der Waals surface area contributed by atoms with Crippen LogP contribution in [0.15, 0.2) is 24.3 Å². The third-order valence-corrected chi connectivity index (χ3v) is 4.76. The van der Waals surface area contributed by atoms with Crippen LogP contribution in [-0.4, -0.2) is 29.5 Å². The Hall–Kier alpha value is -1.52. The Labute approximate surface area is 130 Å². The maximum absolute atomic E-state index is 6.38. The van der Waals surface area contributed by atoms with Gasteiger partial charge in [0.1, 0.15) is 5.75 Å². The van der Waals surface area contributed by atoms with Gasteiger partial charge in [0.2, 0.25) is 0 Å². The van der Waals surface area contributed by atoms with Crippen molar-refractivity contribution in [2.45, 2.75) is 25.3 Å². The van der Waals surface area contributed by atoms with Gasteiger partial charge in [-0.2, -0.15) is 5.10 Å². The summed E-state index contributed by atoms with van der Waals surface area (Å²) in [6.45, 7) is 2.65. The van der Waals surface area contributed by atoms with E-state index in [0.29, 0.717) is 12.5 Å². The lowest BCUT2D eigenvalue weighted by Crippen LogP contribution is -2.35. The Bertz CT molecular complexity index is 653. The summed E-state index contributed by atoms with van der Waals surface area (Å²) in [6.07, 6.45) is 0.828. The van der Waals surface area contributed by atoms with Gasteiger partial charge in [-0.3, -0.25) is 4.68 Å². The number of likely N-dealkylation sites (N-methyl/N-ethyl adjacent to an activating group) is 1. The zero-order chi connectivity index (χ0) is 15.0. The Morgan fingerprint density at radius 2 is 2.24 bits per heavy atom. The molecule has 1 aromatic heterocycles. The van der Waals surface area contributed by atoms with Crippen molar-refractivity contribution < 1.29 is 4.74 Å². The highest BCUT2D eigenvalue weighted by Gasteiger charge is 2.31. The summed E-state index contributed by atoms with van der Waals surface area (Å²) >= 11 is 6.38. The second-order valence-corrected chi connectivity index (χ2v) is 5.90. The quantitative estimate of drug-likeness (QED) is 0.944. The lowest BCUT2D eigenvalue weighted by molar-refractivity contribution is 0.300.